The summed E-state index contributed by atoms with van der Waals surface area (Å²) in [6.45, 7) is 8.89. The second-order valence-electron chi connectivity index (χ2n) is 14.2. The lowest BCUT2D eigenvalue weighted by Crippen LogP contribution is -2.12. The molecule has 50 heavy (non-hydrogen) atoms. The maximum Gasteiger partial charge on any atom is 0.149 e. The molecule has 9 rings (SSSR count). The van der Waals surface area contributed by atoms with Gasteiger partial charge < -0.3 is 4.42 Å². The van der Waals surface area contributed by atoms with Gasteiger partial charge in [-0.05, 0) is 94.1 Å². The molecule has 0 saturated heterocycles. The van der Waals surface area contributed by atoms with E-state index >= 15 is 0 Å². The van der Waals surface area contributed by atoms with Crippen molar-refractivity contribution in [3.63, 3.8) is 0 Å². The van der Waals surface area contributed by atoms with E-state index in [9.17, 15) is 4.39 Å². The molecule has 0 N–H and O–H groups in total. The number of imidazole rings is 1. The van der Waals surface area contributed by atoms with Gasteiger partial charge in [0.1, 0.15) is 22.8 Å². The summed E-state index contributed by atoms with van der Waals surface area (Å²) in [5, 5.41) is 3.59. The van der Waals surface area contributed by atoms with Crippen LogP contribution in [-0.4, -0.2) is 9.55 Å². The number of aryl methyl sites for hydroxylation is 1. The maximum atomic E-state index is 14.7. The third kappa shape index (κ3) is 4.74. The second kappa shape index (κ2) is 11.3. The van der Waals surface area contributed by atoms with Gasteiger partial charge in [0.05, 0.1) is 22.3 Å². The van der Waals surface area contributed by atoms with Crippen molar-refractivity contribution < 1.29 is 8.81 Å². The highest BCUT2D eigenvalue weighted by atomic mass is 19.1. The number of halogens is 1. The first-order valence-corrected chi connectivity index (χ1v) is 17.1. The topological polar surface area (TPSA) is 31.0 Å². The van der Waals surface area contributed by atoms with E-state index in [0.29, 0.717) is 5.39 Å². The first-order valence-electron chi connectivity index (χ1n) is 17.1. The summed E-state index contributed by atoms with van der Waals surface area (Å²) in [6, 6.07) is 47.4. The molecule has 0 aliphatic carbocycles. The van der Waals surface area contributed by atoms with Crippen molar-refractivity contribution in [3.05, 3.63) is 156 Å². The molecule has 0 aliphatic rings. The highest BCUT2D eigenvalue weighted by Gasteiger charge is 2.24. The quantitative estimate of drug-likeness (QED) is 0.190. The fraction of sp³-hybridized carbons (Fsp3) is 0.109. The van der Waals surface area contributed by atoms with Crippen LogP contribution in [0.25, 0.3) is 83.1 Å². The van der Waals surface area contributed by atoms with Crippen molar-refractivity contribution in [2.45, 2.75) is 33.1 Å². The van der Waals surface area contributed by atoms with Crippen molar-refractivity contribution in [1.82, 2.24) is 9.55 Å². The Hall–Kier alpha value is -6.00. The van der Waals surface area contributed by atoms with Crippen molar-refractivity contribution in [1.29, 1.82) is 0 Å². The molecule has 0 radical (unpaired) electrons. The minimum absolute atomic E-state index is 0.0155. The molecule has 0 spiro atoms. The van der Waals surface area contributed by atoms with Crippen LogP contribution in [0.4, 0.5) is 4.39 Å². The average Bonchev–Trinajstić information content (AvgIpc) is 3.71. The minimum atomic E-state index is -0.221. The van der Waals surface area contributed by atoms with Crippen LogP contribution < -0.4 is 0 Å². The molecule has 0 fully saturated rings. The van der Waals surface area contributed by atoms with Crippen molar-refractivity contribution in [3.8, 4) is 39.3 Å². The van der Waals surface area contributed by atoms with Crippen LogP contribution in [0.3, 0.4) is 0 Å². The zero-order chi connectivity index (χ0) is 34.1. The van der Waals surface area contributed by atoms with E-state index in [1.54, 1.807) is 6.07 Å². The summed E-state index contributed by atoms with van der Waals surface area (Å²) >= 11 is 0. The van der Waals surface area contributed by atoms with Gasteiger partial charge in [-0.1, -0.05) is 112 Å². The number of para-hydroxylation sites is 2. The minimum Gasteiger partial charge on any atom is -0.455 e. The predicted molar refractivity (Wildman–Crippen MR) is 206 cm³/mol. The smallest absolute Gasteiger partial charge is 0.149 e. The lowest BCUT2D eigenvalue weighted by atomic mass is 9.85. The van der Waals surface area contributed by atoms with Gasteiger partial charge in [0, 0.05) is 21.7 Å². The van der Waals surface area contributed by atoms with Gasteiger partial charge in [-0.25, -0.2) is 9.37 Å². The van der Waals surface area contributed by atoms with Crippen LogP contribution in [0.15, 0.2) is 144 Å². The molecule has 242 valence electrons. The molecule has 2 heterocycles. The number of fused-ring (bicyclic) bond motifs is 5. The fourth-order valence-corrected chi connectivity index (χ4v) is 7.40. The molecule has 0 atom stereocenters. The summed E-state index contributed by atoms with van der Waals surface area (Å²) in [7, 11) is 0. The molecule has 4 heteroatoms. The van der Waals surface area contributed by atoms with Crippen LogP contribution in [-0.2, 0) is 5.41 Å². The molecule has 2 aromatic heterocycles. The van der Waals surface area contributed by atoms with Gasteiger partial charge in [0.15, 0.2) is 0 Å². The average molecular weight is 651 g/mol. The van der Waals surface area contributed by atoms with Crippen LogP contribution in [0, 0.1) is 12.7 Å². The normalized spacial score (nSPS) is 12.1. The number of furan rings is 1. The zero-order valence-corrected chi connectivity index (χ0v) is 28.5. The summed E-state index contributed by atoms with van der Waals surface area (Å²) in [4.78, 5) is 5.29. The second-order valence-corrected chi connectivity index (χ2v) is 14.2. The highest BCUT2D eigenvalue weighted by Crippen LogP contribution is 2.43. The number of rotatable bonds is 4. The van der Waals surface area contributed by atoms with E-state index in [0.717, 1.165) is 83.3 Å². The van der Waals surface area contributed by atoms with E-state index in [1.165, 1.54) is 5.56 Å². The van der Waals surface area contributed by atoms with Crippen molar-refractivity contribution in [2.24, 2.45) is 0 Å². The Morgan fingerprint density at radius 3 is 2.18 bits per heavy atom. The molecule has 0 unspecified atom stereocenters. The van der Waals surface area contributed by atoms with E-state index in [4.69, 9.17) is 9.40 Å². The van der Waals surface area contributed by atoms with Gasteiger partial charge in [-0.2, -0.15) is 0 Å². The highest BCUT2D eigenvalue weighted by molar-refractivity contribution is 6.12. The Morgan fingerprint density at radius 2 is 1.36 bits per heavy atom. The monoisotopic (exact) mass is 650 g/mol. The lowest BCUT2D eigenvalue weighted by Gasteiger charge is -2.23. The Labute approximate surface area is 290 Å². The number of benzene rings is 7. The third-order valence-corrected chi connectivity index (χ3v) is 10.0. The molecule has 0 saturated carbocycles. The standard InChI is InChI=1S/C46H35FN2O/c1-28-18-21-36(44-43(28)35-22-19-30(26-42(35)50-44)32-23-24-38(47)34-15-9-8-14-33(32)34)45-48-39-16-10-11-17-41(39)49(45)40-25-20-31(46(2,3)4)27-37(40)29-12-6-5-7-13-29/h5-27H,1-4H3. The van der Waals surface area contributed by atoms with Crippen LogP contribution >= 0.6 is 0 Å². The molecule has 7 aromatic carbocycles. The summed E-state index contributed by atoms with van der Waals surface area (Å²) in [5.41, 5.74) is 12.1. The molecule has 3 nitrogen and oxygen atoms in total. The largest absolute Gasteiger partial charge is 0.455 e. The summed E-state index contributed by atoms with van der Waals surface area (Å²) in [5.74, 6) is 0.599. The number of hydrogen-bond acceptors (Lipinski definition) is 2. The van der Waals surface area contributed by atoms with E-state index in [-0.39, 0.29) is 11.2 Å². The van der Waals surface area contributed by atoms with Gasteiger partial charge in [-0.3, -0.25) is 4.57 Å². The number of hydrogen-bond donors (Lipinski definition) is 0. The van der Waals surface area contributed by atoms with Crippen LogP contribution in [0.2, 0.25) is 0 Å². The summed E-state index contributed by atoms with van der Waals surface area (Å²) < 4.78 is 23.9. The maximum absolute atomic E-state index is 14.7. The molecular formula is C46H35FN2O. The summed E-state index contributed by atoms with van der Waals surface area (Å²) in [6.07, 6.45) is 0. The Bertz CT molecular complexity index is 2760. The first-order chi connectivity index (χ1) is 24.3. The zero-order valence-electron chi connectivity index (χ0n) is 28.5. The Balaban J connectivity index is 1.30. The fourth-order valence-electron chi connectivity index (χ4n) is 7.40. The molecule has 0 bridgehead atoms. The number of nitrogens with zero attached hydrogens (tertiary/aromatic N) is 2. The predicted octanol–water partition coefficient (Wildman–Crippen LogP) is 12.8. The van der Waals surface area contributed by atoms with Crippen LogP contribution in [0.5, 0.6) is 0 Å². The van der Waals surface area contributed by atoms with Crippen molar-refractivity contribution in [2.75, 3.05) is 0 Å². The lowest BCUT2D eigenvalue weighted by molar-refractivity contribution is 0.590. The van der Waals surface area contributed by atoms with Gasteiger partial charge in [0.2, 0.25) is 0 Å². The number of aromatic nitrogens is 2. The van der Waals surface area contributed by atoms with E-state index < -0.39 is 0 Å². The van der Waals surface area contributed by atoms with E-state index in [2.05, 4.69) is 129 Å². The third-order valence-electron chi connectivity index (χ3n) is 10.0. The SMILES string of the molecule is Cc1ccc(-c2nc3ccccc3n2-c2ccc(C(C)(C)C)cc2-c2ccccc2)c2oc3cc(-c4ccc(F)c5ccccc45)ccc3c12. The van der Waals surface area contributed by atoms with Gasteiger partial charge in [0.25, 0.3) is 0 Å². The molecule has 0 aliphatic heterocycles. The molecule has 9 aromatic rings. The van der Waals surface area contributed by atoms with Gasteiger partial charge in [-0.15, -0.1) is 0 Å². The molecular weight excluding hydrogens is 616 g/mol. The first kappa shape index (κ1) is 30.1. The van der Waals surface area contributed by atoms with Crippen molar-refractivity contribution >= 4 is 43.7 Å². The Kier molecular flexibility index (Phi) is 6.79. The van der Waals surface area contributed by atoms with Crippen LogP contribution in [0.1, 0.15) is 31.9 Å². The Morgan fingerprint density at radius 1 is 0.620 bits per heavy atom. The van der Waals surface area contributed by atoms with Gasteiger partial charge >= 0.3 is 0 Å². The van der Waals surface area contributed by atoms with E-state index in [1.807, 2.05) is 36.4 Å². The molecule has 0 amide bonds.